The first-order valence-electron chi connectivity index (χ1n) is 5.67. The number of thioether (sulfide) groups is 1. The molecule has 4 heteroatoms. The van der Waals surface area contributed by atoms with Crippen LogP contribution in [0.5, 0.6) is 0 Å². The van der Waals surface area contributed by atoms with Gasteiger partial charge in [-0.05, 0) is 32.4 Å². The molecule has 0 aromatic rings. The van der Waals surface area contributed by atoms with Crippen LogP contribution < -0.4 is 5.73 Å². The van der Waals surface area contributed by atoms with E-state index in [1.54, 1.807) is 0 Å². The summed E-state index contributed by atoms with van der Waals surface area (Å²) in [7, 11) is 2.19. The van der Waals surface area contributed by atoms with E-state index in [4.69, 9.17) is 10.5 Å². The molecule has 1 aliphatic rings. The molecule has 0 aromatic carbocycles. The Hall–Kier alpha value is 0.230. The molecule has 3 unspecified atom stereocenters. The van der Waals surface area contributed by atoms with E-state index in [0.29, 0.717) is 12.0 Å². The van der Waals surface area contributed by atoms with Crippen LogP contribution in [0.4, 0.5) is 0 Å². The van der Waals surface area contributed by atoms with Crippen molar-refractivity contribution < 1.29 is 4.74 Å². The molecule has 0 amide bonds. The molecule has 2 N–H and O–H groups in total. The van der Waals surface area contributed by atoms with E-state index in [-0.39, 0.29) is 6.04 Å². The van der Waals surface area contributed by atoms with E-state index in [1.807, 2.05) is 11.8 Å². The lowest BCUT2D eigenvalue weighted by molar-refractivity contribution is 0.163. The Labute approximate surface area is 97.7 Å². The first kappa shape index (κ1) is 13.3. The summed E-state index contributed by atoms with van der Waals surface area (Å²) < 4.78 is 5.38. The summed E-state index contributed by atoms with van der Waals surface area (Å²) in [5.41, 5.74) is 5.97. The van der Waals surface area contributed by atoms with Gasteiger partial charge in [0.25, 0.3) is 0 Å². The fourth-order valence-corrected chi connectivity index (χ4v) is 2.44. The summed E-state index contributed by atoms with van der Waals surface area (Å²) in [5, 5.41) is 0. The number of rotatable bonds is 6. The monoisotopic (exact) mass is 232 g/mol. The van der Waals surface area contributed by atoms with Gasteiger partial charge >= 0.3 is 0 Å². The Morgan fingerprint density at radius 2 is 2.27 bits per heavy atom. The predicted octanol–water partition coefficient (Wildman–Crippen LogP) is 1.03. The zero-order valence-electron chi connectivity index (χ0n) is 10.1. The molecule has 1 fully saturated rings. The number of nitrogens with two attached hydrogens (primary N) is 1. The molecule has 1 rings (SSSR count). The van der Waals surface area contributed by atoms with Crippen LogP contribution >= 0.6 is 11.8 Å². The molecule has 1 saturated heterocycles. The van der Waals surface area contributed by atoms with Gasteiger partial charge in [-0.1, -0.05) is 0 Å². The molecule has 15 heavy (non-hydrogen) atoms. The van der Waals surface area contributed by atoms with Crippen LogP contribution in [0, 0.1) is 5.92 Å². The van der Waals surface area contributed by atoms with E-state index < -0.39 is 0 Å². The standard InChI is InChI=1S/C11H24N2OS/c1-9(4-5-15-3)13(2)6-10-7-14-8-11(10)12/h9-11H,4-8,12H2,1-3H3. The number of hydrogen-bond donors (Lipinski definition) is 1. The van der Waals surface area contributed by atoms with E-state index in [2.05, 4.69) is 25.1 Å². The zero-order chi connectivity index (χ0) is 11.3. The summed E-state index contributed by atoms with van der Waals surface area (Å²) in [4.78, 5) is 2.41. The third-order valence-electron chi connectivity index (χ3n) is 3.26. The van der Waals surface area contributed by atoms with Crippen LogP contribution in [0.15, 0.2) is 0 Å². The van der Waals surface area contributed by atoms with Crippen LogP contribution in [0.25, 0.3) is 0 Å². The second-order valence-corrected chi connectivity index (χ2v) is 5.52. The minimum atomic E-state index is 0.236. The maximum atomic E-state index is 5.97. The quantitative estimate of drug-likeness (QED) is 0.742. The van der Waals surface area contributed by atoms with Crippen LogP contribution in [0.2, 0.25) is 0 Å². The highest BCUT2D eigenvalue weighted by Gasteiger charge is 2.26. The third kappa shape index (κ3) is 4.31. The van der Waals surface area contributed by atoms with Gasteiger partial charge in [0, 0.05) is 24.5 Å². The molecule has 1 aliphatic heterocycles. The maximum Gasteiger partial charge on any atom is 0.0621 e. The van der Waals surface area contributed by atoms with E-state index in [0.717, 1.165) is 19.8 Å². The Balaban J connectivity index is 2.24. The van der Waals surface area contributed by atoms with Crippen molar-refractivity contribution >= 4 is 11.8 Å². The minimum Gasteiger partial charge on any atom is -0.379 e. The molecular weight excluding hydrogens is 208 g/mol. The van der Waals surface area contributed by atoms with Gasteiger partial charge in [-0.3, -0.25) is 0 Å². The average molecular weight is 232 g/mol. The lowest BCUT2D eigenvalue weighted by atomic mass is 10.0. The van der Waals surface area contributed by atoms with Crippen molar-refractivity contribution in [1.82, 2.24) is 4.90 Å². The molecule has 1 heterocycles. The molecule has 0 saturated carbocycles. The summed E-state index contributed by atoms with van der Waals surface area (Å²) in [6.07, 6.45) is 3.41. The average Bonchev–Trinajstić information content (AvgIpc) is 2.61. The number of hydrogen-bond acceptors (Lipinski definition) is 4. The van der Waals surface area contributed by atoms with Crippen molar-refractivity contribution in [2.45, 2.75) is 25.4 Å². The Bertz CT molecular complexity index is 180. The van der Waals surface area contributed by atoms with Gasteiger partial charge in [0.2, 0.25) is 0 Å². The van der Waals surface area contributed by atoms with Gasteiger partial charge in [0.05, 0.1) is 13.2 Å². The lowest BCUT2D eigenvalue weighted by Gasteiger charge is -2.28. The summed E-state index contributed by atoms with van der Waals surface area (Å²) in [6.45, 7) is 4.92. The molecular formula is C11H24N2OS. The summed E-state index contributed by atoms with van der Waals surface area (Å²) >= 11 is 1.91. The van der Waals surface area contributed by atoms with Crippen LogP contribution in [0.1, 0.15) is 13.3 Å². The summed E-state index contributed by atoms with van der Waals surface area (Å²) in [5.74, 6) is 1.75. The number of nitrogens with zero attached hydrogens (tertiary/aromatic N) is 1. The van der Waals surface area contributed by atoms with Gasteiger partial charge < -0.3 is 15.4 Å². The molecule has 0 spiro atoms. The first-order chi connectivity index (χ1) is 7.15. The second kappa shape index (κ2) is 6.74. The van der Waals surface area contributed by atoms with Crippen molar-refractivity contribution in [1.29, 1.82) is 0 Å². The fraction of sp³-hybridized carbons (Fsp3) is 1.00. The second-order valence-electron chi connectivity index (χ2n) is 4.53. The molecule has 0 radical (unpaired) electrons. The summed E-state index contributed by atoms with van der Waals surface area (Å²) in [6, 6.07) is 0.880. The van der Waals surface area contributed by atoms with Crippen LogP contribution in [0.3, 0.4) is 0 Å². The van der Waals surface area contributed by atoms with E-state index in [1.165, 1.54) is 12.2 Å². The predicted molar refractivity (Wildman–Crippen MR) is 67.4 cm³/mol. The van der Waals surface area contributed by atoms with Gasteiger partial charge in [-0.2, -0.15) is 11.8 Å². The number of ether oxygens (including phenoxy) is 1. The normalized spacial score (nSPS) is 28.6. The third-order valence-corrected chi connectivity index (χ3v) is 3.91. The molecule has 90 valence electrons. The van der Waals surface area contributed by atoms with Gasteiger partial charge in [0.1, 0.15) is 0 Å². The maximum absolute atomic E-state index is 5.97. The molecule has 0 bridgehead atoms. The van der Waals surface area contributed by atoms with Crippen molar-refractivity contribution in [2.75, 3.05) is 38.8 Å². The van der Waals surface area contributed by atoms with Crippen molar-refractivity contribution in [3.05, 3.63) is 0 Å². The minimum absolute atomic E-state index is 0.236. The van der Waals surface area contributed by atoms with Crippen LogP contribution in [-0.4, -0.2) is 55.8 Å². The first-order valence-corrected chi connectivity index (χ1v) is 7.07. The molecule has 0 aliphatic carbocycles. The lowest BCUT2D eigenvalue weighted by Crippen LogP contribution is -2.40. The van der Waals surface area contributed by atoms with Gasteiger partial charge in [-0.25, -0.2) is 0 Å². The SMILES string of the molecule is CSCCC(C)N(C)CC1COCC1N. The van der Waals surface area contributed by atoms with Crippen molar-refractivity contribution in [3.63, 3.8) is 0 Å². The Kier molecular flexibility index (Phi) is 5.97. The van der Waals surface area contributed by atoms with Crippen molar-refractivity contribution in [3.8, 4) is 0 Å². The molecule has 3 nitrogen and oxygen atoms in total. The highest BCUT2D eigenvalue weighted by molar-refractivity contribution is 7.98. The fourth-order valence-electron chi connectivity index (χ4n) is 1.86. The van der Waals surface area contributed by atoms with Gasteiger partial charge in [-0.15, -0.1) is 0 Å². The van der Waals surface area contributed by atoms with E-state index in [9.17, 15) is 0 Å². The Morgan fingerprint density at radius 3 is 2.80 bits per heavy atom. The smallest absolute Gasteiger partial charge is 0.0621 e. The molecule has 0 aromatic heterocycles. The van der Waals surface area contributed by atoms with Gasteiger partial charge in [0.15, 0.2) is 0 Å². The van der Waals surface area contributed by atoms with Crippen molar-refractivity contribution in [2.24, 2.45) is 11.7 Å². The highest BCUT2D eigenvalue weighted by atomic mass is 32.2. The topological polar surface area (TPSA) is 38.5 Å². The van der Waals surface area contributed by atoms with Crippen LogP contribution in [-0.2, 0) is 4.74 Å². The Morgan fingerprint density at radius 1 is 1.53 bits per heavy atom. The zero-order valence-corrected chi connectivity index (χ0v) is 10.9. The largest absolute Gasteiger partial charge is 0.379 e. The highest BCUT2D eigenvalue weighted by Crippen LogP contribution is 2.15. The molecule has 3 atom stereocenters. The van der Waals surface area contributed by atoms with E-state index >= 15 is 0 Å².